The van der Waals surface area contributed by atoms with Crippen molar-refractivity contribution in [1.29, 1.82) is 0 Å². The number of methoxy groups -OCH3 is 1. The molecule has 1 aliphatic rings. The van der Waals surface area contributed by atoms with Crippen LogP contribution in [0.2, 0.25) is 0 Å². The van der Waals surface area contributed by atoms with Crippen molar-refractivity contribution in [3.8, 4) is 5.75 Å². The van der Waals surface area contributed by atoms with Crippen molar-refractivity contribution in [3.05, 3.63) is 23.8 Å². The highest BCUT2D eigenvalue weighted by atomic mass is 16.5. The molecule has 20 heavy (non-hydrogen) atoms. The predicted molar refractivity (Wildman–Crippen MR) is 83.9 cm³/mol. The minimum absolute atomic E-state index is 0.139. The number of nitrogens with zero attached hydrogens (tertiary/aromatic N) is 1. The first-order chi connectivity index (χ1) is 9.43. The van der Waals surface area contributed by atoms with E-state index in [1.807, 2.05) is 0 Å². The van der Waals surface area contributed by atoms with E-state index in [0.717, 1.165) is 31.9 Å². The Labute approximate surface area is 122 Å². The summed E-state index contributed by atoms with van der Waals surface area (Å²) >= 11 is 0. The molecule has 2 rings (SSSR count). The largest absolute Gasteiger partial charge is 0.484 e. The Hall–Kier alpha value is -1.22. The third-order valence-corrected chi connectivity index (χ3v) is 3.72. The van der Waals surface area contributed by atoms with Crippen molar-refractivity contribution >= 4 is 5.69 Å². The first kappa shape index (κ1) is 15.2. The molecule has 0 spiro atoms. The second kappa shape index (κ2) is 6.04. The third-order valence-electron chi connectivity index (χ3n) is 3.72. The summed E-state index contributed by atoms with van der Waals surface area (Å²) in [5.74, 6) is 1.54. The van der Waals surface area contributed by atoms with Gasteiger partial charge in [-0.2, -0.15) is 0 Å². The number of fused-ring (bicyclic) bond motifs is 1. The van der Waals surface area contributed by atoms with Crippen LogP contribution in [0, 0.1) is 0 Å². The molecule has 0 unspecified atom stereocenters. The van der Waals surface area contributed by atoms with Crippen LogP contribution in [-0.2, 0) is 4.74 Å². The second-order valence-electron chi connectivity index (χ2n) is 6.51. The maximum absolute atomic E-state index is 6.12. The molecule has 0 fully saturated rings. The van der Waals surface area contributed by atoms with Crippen LogP contribution >= 0.6 is 0 Å². The lowest BCUT2D eigenvalue weighted by Crippen LogP contribution is -2.47. The summed E-state index contributed by atoms with van der Waals surface area (Å²) in [7, 11) is 1.76. The molecular formula is C17H27NO2. The number of hydrogen-bond donors (Lipinski definition) is 0. The van der Waals surface area contributed by atoms with Gasteiger partial charge < -0.3 is 14.4 Å². The van der Waals surface area contributed by atoms with Gasteiger partial charge in [-0.1, -0.05) is 19.9 Å². The molecule has 0 aliphatic carbocycles. The van der Waals surface area contributed by atoms with Crippen LogP contribution in [0.1, 0.15) is 45.6 Å². The zero-order chi connectivity index (χ0) is 14.8. The highest BCUT2D eigenvalue weighted by Crippen LogP contribution is 2.38. The Bertz CT molecular complexity index is 454. The van der Waals surface area contributed by atoms with Gasteiger partial charge in [-0.3, -0.25) is 0 Å². The molecule has 1 aromatic rings. The van der Waals surface area contributed by atoms with Crippen LogP contribution in [0.3, 0.4) is 0 Å². The van der Waals surface area contributed by atoms with E-state index in [0.29, 0.717) is 5.92 Å². The second-order valence-corrected chi connectivity index (χ2v) is 6.51. The lowest BCUT2D eigenvalue weighted by atomic mass is 9.99. The molecular weight excluding hydrogens is 250 g/mol. The van der Waals surface area contributed by atoms with E-state index in [1.165, 1.54) is 11.3 Å². The fourth-order valence-corrected chi connectivity index (χ4v) is 2.70. The molecule has 0 saturated carbocycles. The van der Waals surface area contributed by atoms with Gasteiger partial charge in [-0.15, -0.1) is 0 Å². The Morgan fingerprint density at radius 3 is 2.75 bits per heavy atom. The molecule has 0 aromatic heterocycles. The molecule has 0 atom stereocenters. The summed E-state index contributed by atoms with van der Waals surface area (Å²) in [5, 5.41) is 0. The molecule has 1 heterocycles. The van der Waals surface area contributed by atoms with Gasteiger partial charge in [-0.25, -0.2) is 0 Å². The Morgan fingerprint density at radius 1 is 1.35 bits per heavy atom. The monoisotopic (exact) mass is 277 g/mol. The van der Waals surface area contributed by atoms with Crippen molar-refractivity contribution in [2.45, 2.75) is 45.6 Å². The smallest absolute Gasteiger partial charge is 0.143 e. The number of ether oxygens (including phenoxy) is 2. The summed E-state index contributed by atoms with van der Waals surface area (Å²) in [6.45, 7) is 11.5. The maximum atomic E-state index is 6.12. The minimum Gasteiger partial charge on any atom is -0.484 e. The topological polar surface area (TPSA) is 21.7 Å². The van der Waals surface area contributed by atoms with E-state index in [2.05, 4.69) is 50.8 Å². The molecule has 1 aromatic carbocycles. The van der Waals surface area contributed by atoms with E-state index in [1.54, 1.807) is 7.11 Å². The number of anilines is 1. The van der Waals surface area contributed by atoms with E-state index in [9.17, 15) is 0 Å². The number of benzene rings is 1. The lowest BCUT2D eigenvalue weighted by molar-refractivity contribution is 0.104. The van der Waals surface area contributed by atoms with E-state index < -0.39 is 0 Å². The van der Waals surface area contributed by atoms with Gasteiger partial charge in [0.1, 0.15) is 11.4 Å². The predicted octanol–water partition coefficient (Wildman–Crippen LogP) is 3.82. The van der Waals surface area contributed by atoms with Crippen molar-refractivity contribution in [1.82, 2.24) is 0 Å². The summed E-state index contributed by atoms with van der Waals surface area (Å²) in [5.41, 5.74) is 2.45. The summed E-state index contributed by atoms with van der Waals surface area (Å²) in [6, 6.07) is 6.58. The van der Waals surface area contributed by atoms with Crippen LogP contribution < -0.4 is 9.64 Å². The van der Waals surface area contributed by atoms with Crippen LogP contribution in [0.25, 0.3) is 0 Å². The van der Waals surface area contributed by atoms with Crippen LogP contribution in [0.15, 0.2) is 18.2 Å². The molecule has 3 nitrogen and oxygen atoms in total. The van der Waals surface area contributed by atoms with Crippen molar-refractivity contribution in [2.75, 3.05) is 31.7 Å². The Kier molecular flexibility index (Phi) is 4.59. The zero-order valence-corrected chi connectivity index (χ0v) is 13.4. The van der Waals surface area contributed by atoms with Gasteiger partial charge in [0.25, 0.3) is 0 Å². The molecule has 0 amide bonds. The highest BCUT2D eigenvalue weighted by molar-refractivity contribution is 5.62. The molecule has 0 bridgehead atoms. The number of rotatable bonds is 5. The fourth-order valence-electron chi connectivity index (χ4n) is 2.70. The first-order valence-electron chi connectivity index (χ1n) is 7.50. The highest BCUT2D eigenvalue weighted by Gasteiger charge is 2.31. The average Bonchev–Trinajstić information content (AvgIpc) is 2.37. The van der Waals surface area contributed by atoms with Crippen molar-refractivity contribution in [3.63, 3.8) is 0 Å². The van der Waals surface area contributed by atoms with Crippen LogP contribution in [0.4, 0.5) is 5.69 Å². The quantitative estimate of drug-likeness (QED) is 0.764. The Morgan fingerprint density at radius 2 is 2.10 bits per heavy atom. The molecule has 112 valence electrons. The van der Waals surface area contributed by atoms with Gasteiger partial charge >= 0.3 is 0 Å². The molecule has 0 saturated heterocycles. The third kappa shape index (κ3) is 3.45. The zero-order valence-electron chi connectivity index (χ0n) is 13.4. The maximum Gasteiger partial charge on any atom is 0.143 e. The Balaban J connectivity index is 2.26. The van der Waals surface area contributed by atoms with Crippen molar-refractivity contribution in [2.24, 2.45) is 0 Å². The van der Waals surface area contributed by atoms with Gasteiger partial charge in [-0.05, 0) is 43.9 Å². The fraction of sp³-hybridized carbons (Fsp3) is 0.647. The summed E-state index contributed by atoms with van der Waals surface area (Å²) < 4.78 is 11.3. The van der Waals surface area contributed by atoms with Gasteiger partial charge in [0.15, 0.2) is 0 Å². The minimum atomic E-state index is -0.139. The summed E-state index contributed by atoms with van der Waals surface area (Å²) in [4.78, 5) is 2.43. The van der Waals surface area contributed by atoms with Gasteiger partial charge in [0, 0.05) is 20.3 Å². The molecule has 1 aliphatic heterocycles. The molecule has 0 radical (unpaired) electrons. The summed E-state index contributed by atoms with van der Waals surface area (Å²) in [6.07, 6.45) is 1.04. The normalized spacial score (nSPS) is 17.0. The lowest BCUT2D eigenvalue weighted by Gasteiger charge is -2.41. The van der Waals surface area contributed by atoms with Gasteiger partial charge in [0.2, 0.25) is 0 Å². The van der Waals surface area contributed by atoms with Crippen molar-refractivity contribution < 1.29 is 9.47 Å². The van der Waals surface area contributed by atoms with Crippen LogP contribution in [0.5, 0.6) is 5.75 Å². The van der Waals surface area contributed by atoms with Gasteiger partial charge in [0.05, 0.1) is 12.2 Å². The van der Waals surface area contributed by atoms with Crippen LogP contribution in [-0.4, -0.2) is 32.4 Å². The number of hydrogen-bond acceptors (Lipinski definition) is 3. The van der Waals surface area contributed by atoms with E-state index >= 15 is 0 Å². The molecule has 0 N–H and O–H groups in total. The first-order valence-corrected chi connectivity index (χ1v) is 7.50. The standard InChI is InChI=1S/C17H27NO2/c1-13(2)14-7-8-16-15(11-14)18(9-6-10-19-5)12-17(3,4)20-16/h7-8,11,13H,6,9-10,12H2,1-5H3. The van der Waals surface area contributed by atoms with E-state index in [-0.39, 0.29) is 5.60 Å². The average molecular weight is 277 g/mol. The SMILES string of the molecule is COCCCN1CC(C)(C)Oc2ccc(C(C)C)cc21. The van der Waals surface area contributed by atoms with E-state index in [4.69, 9.17) is 9.47 Å². The molecule has 3 heteroatoms.